The third-order valence-corrected chi connectivity index (χ3v) is 3.94. The maximum absolute atomic E-state index is 11.3. The standard InChI is InChI=1S/C18H24N2O5S/c1-13(2)10-15-18(24-11-14-8-6-5-7-9-14)20-16(17(19-15)23-3)12-25-26(4,21)22/h5-9,13H,10-12H2,1-4H3. The summed E-state index contributed by atoms with van der Waals surface area (Å²) in [6, 6.07) is 9.69. The molecule has 0 amide bonds. The van der Waals surface area contributed by atoms with Gasteiger partial charge in [-0.2, -0.15) is 8.42 Å². The number of aromatic nitrogens is 2. The highest BCUT2D eigenvalue weighted by Gasteiger charge is 2.18. The maximum atomic E-state index is 11.3. The molecule has 7 nitrogen and oxygen atoms in total. The Labute approximate surface area is 154 Å². The number of methoxy groups -OCH3 is 1. The molecule has 0 aliphatic heterocycles. The van der Waals surface area contributed by atoms with Crippen molar-refractivity contribution < 1.29 is 22.1 Å². The molecule has 0 saturated heterocycles. The van der Waals surface area contributed by atoms with Gasteiger partial charge in [-0.3, -0.25) is 4.18 Å². The summed E-state index contributed by atoms with van der Waals surface area (Å²) in [6.45, 7) is 4.20. The molecule has 2 rings (SSSR count). The molecule has 0 aliphatic rings. The molecule has 8 heteroatoms. The fourth-order valence-corrected chi connectivity index (χ4v) is 2.58. The molecule has 0 bridgehead atoms. The normalized spacial score (nSPS) is 11.6. The van der Waals surface area contributed by atoms with E-state index in [9.17, 15) is 8.42 Å². The molecule has 0 atom stereocenters. The third-order valence-electron chi connectivity index (χ3n) is 3.39. The van der Waals surface area contributed by atoms with Crippen LogP contribution in [0.4, 0.5) is 0 Å². The minimum Gasteiger partial charge on any atom is -0.480 e. The van der Waals surface area contributed by atoms with Crippen molar-refractivity contribution in [2.45, 2.75) is 33.5 Å². The van der Waals surface area contributed by atoms with Crippen LogP contribution in [0.2, 0.25) is 0 Å². The fourth-order valence-electron chi connectivity index (χ4n) is 2.25. The van der Waals surface area contributed by atoms with Crippen LogP contribution < -0.4 is 9.47 Å². The summed E-state index contributed by atoms with van der Waals surface area (Å²) in [5.41, 5.74) is 1.93. The predicted octanol–water partition coefficient (Wildman–Crippen LogP) is 2.74. The molecule has 0 aliphatic carbocycles. The molecule has 0 unspecified atom stereocenters. The zero-order valence-corrected chi connectivity index (χ0v) is 16.2. The van der Waals surface area contributed by atoms with Gasteiger partial charge in [0.15, 0.2) is 0 Å². The molecular formula is C18H24N2O5S. The predicted molar refractivity (Wildman–Crippen MR) is 97.5 cm³/mol. The van der Waals surface area contributed by atoms with E-state index in [4.69, 9.17) is 13.7 Å². The van der Waals surface area contributed by atoms with Gasteiger partial charge in [-0.05, 0) is 17.9 Å². The van der Waals surface area contributed by atoms with Crippen molar-refractivity contribution in [3.63, 3.8) is 0 Å². The first kappa shape index (κ1) is 20.1. The minimum absolute atomic E-state index is 0.233. The number of nitrogens with zero attached hydrogens (tertiary/aromatic N) is 2. The van der Waals surface area contributed by atoms with Crippen molar-refractivity contribution in [3.8, 4) is 11.8 Å². The molecule has 1 aromatic heterocycles. The Morgan fingerprint density at radius 2 is 1.65 bits per heavy atom. The van der Waals surface area contributed by atoms with E-state index in [1.165, 1.54) is 7.11 Å². The van der Waals surface area contributed by atoms with E-state index < -0.39 is 10.1 Å². The van der Waals surface area contributed by atoms with Gasteiger partial charge >= 0.3 is 0 Å². The van der Waals surface area contributed by atoms with Crippen LogP contribution >= 0.6 is 0 Å². The first-order valence-electron chi connectivity index (χ1n) is 8.23. The van der Waals surface area contributed by atoms with Gasteiger partial charge in [-0.25, -0.2) is 9.97 Å². The monoisotopic (exact) mass is 380 g/mol. The fraction of sp³-hybridized carbons (Fsp3) is 0.444. The lowest BCUT2D eigenvalue weighted by Gasteiger charge is -2.15. The second kappa shape index (κ2) is 8.95. The average Bonchev–Trinajstić information content (AvgIpc) is 2.58. The van der Waals surface area contributed by atoms with Crippen LogP contribution in [-0.2, 0) is 33.9 Å². The summed E-state index contributed by atoms with van der Waals surface area (Å²) >= 11 is 0. The van der Waals surface area contributed by atoms with E-state index in [0.717, 1.165) is 11.8 Å². The van der Waals surface area contributed by atoms with Gasteiger partial charge in [0, 0.05) is 0 Å². The Kier molecular flexibility index (Phi) is 6.93. The summed E-state index contributed by atoms with van der Waals surface area (Å²) in [5, 5.41) is 0. The molecule has 0 N–H and O–H groups in total. The Bertz CT molecular complexity index is 823. The Hall–Kier alpha value is -2.19. The topological polar surface area (TPSA) is 87.6 Å². The molecule has 2 aromatic rings. The average molecular weight is 380 g/mol. The number of rotatable bonds is 9. The molecule has 26 heavy (non-hydrogen) atoms. The first-order chi connectivity index (χ1) is 12.3. The summed E-state index contributed by atoms with van der Waals surface area (Å²) in [7, 11) is -2.15. The van der Waals surface area contributed by atoms with Crippen LogP contribution in [0, 0.1) is 5.92 Å². The van der Waals surface area contributed by atoms with Gasteiger partial charge in [-0.15, -0.1) is 0 Å². The van der Waals surface area contributed by atoms with Gasteiger partial charge in [0.2, 0.25) is 11.8 Å². The van der Waals surface area contributed by atoms with E-state index in [-0.39, 0.29) is 18.2 Å². The zero-order chi connectivity index (χ0) is 19.2. The van der Waals surface area contributed by atoms with Crippen LogP contribution in [0.15, 0.2) is 30.3 Å². The molecule has 0 spiro atoms. The molecule has 0 fully saturated rings. The summed E-state index contributed by atoms with van der Waals surface area (Å²) in [6.07, 6.45) is 1.63. The minimum atomic E-state index is -3.61. The van der Waals surface area contributed by atoms with Crippen molar-refractivity contribution >= 4 is 10.1 Å². The van der Waals surface area contributed by atoms with E-state index in [2.05, 4.69) is 23.8 Å². The number of hydrogen-bond donors (Lipinski definition) is 0. The van der Waals surface area contributed by atoms with Crippen LogP contribution in [0.25, 0.3) is 0 Å². The highest BCUT2D eigenvalue weighted by molar-refractivity contribution is 7.85. The van der Waals surface area contributed by atoms with Crippen molar-refractivity contribution in [1.82, 2.24) is 9.97 Å². The van der Waals surface area contributed by atoms with E-state index in [1.54, 1.807) is 0 Å². The van der Waals surface area contributed by atoms with Gasteiger partial charge in [0.25, 0.3) is 10.1 Å². The van der Waals surface area contributed by atoms with Crippen LogP contribution in [0.1, 0.15) is 30.8 Å². The lowest BCUT2D eigenvalue weighted by Crippen LogP contribution is -2.12. The third kappa shape index (κ3) is 6.27. The molecule has 142 valence electrons. The van der Waals surface area contributed by atoms with Crippen LogP contribution in [-0.4, -0.2) is 31.8 Å². The van der Waals surface area contributed by atoms with Crippen LogP contribution in [0.3, 0.4) is 0 Å². The molecule has 1 aromatic carbocycles. The lowest BCUT2D eigenvalue weighted by atomic mass is 10.1. The summed E-state index contributed by atoms with van der Waals surface area (Å²) < 4.78 is 38.5. The number of hydrogen-bond acceptors (Lipinski definition) is 7. The van der Waals surface area contributed by atoms with Crippen molar-refractivity contribution in [3.05, 3.63) is 47.3 Å². The van der Waals surface area contributed by atoms with Crippen LogP contribution in [0.5, 0.6) is 11.8 Å². The maximum Gasteiger partial charge on any atom is 0.264 e. The summed E-state index contributed by atoms with van der Waals surface area (Å²) in [5.74, 6) is 0.929. The highest BCUT2D eigenvalue weighted by atomic mass is 32.2. The second-order valence-corrected chi connectivity index (χ2v) is 7.91. The smallest absolute Gasteiger partial charge is 0.264 e. The van der Waals surface area contributed by atoms with E-state index >= 15 is 0 Å². The van der Waals surface area contributed by atoms with E-state index in [1.807, 2.05) is 30.3 Å². The summed E-state index contributed by atoms with van der Waals surface area (Å²) in [4.78, 5) is 8.88. The molecule has 0 saturated carbocycles. The van der Waals surface area contributed by atoms with Crippen molar-refractivity contribution in [2.24, 2.45) is 5.92 Å². The lowest BCUT2D eigenvalue weighted by molar-refractivity contribution is 0.266. The van der Waals surface area contributed by atoms with Crippen molar-refractivity contribution in [2.75, 3.05) is 13.4 Å². The van der Waals surface area contributed by atoms with Gasteiger partial charge < -0.3 is 9.47 Å². The number of ether oxygens (including phenoxy) is 2. The van der Waals surface area contributed by atoms with Gasteiger partial charge in [-0.1, -0.05) is 44.2 Å². The number of benzene rings is 1. The Balaban J connectivity index is 2.31. The molecule has 1 heterocycles. The van der Waals surface area contributed by atoms with Crippen molar-refractivity contribution in [1.29, 1.82) is 0 Å². The van der Waals surface area contributed by atoms with Gasteiger partial charge in [0.1, 0.15) is 24.6 Å². The second-order valence-electron chi connectivity index (χ2n) is 6.27. The largest absolute Gasteiger partial charge is 0.480 e. The Morgan fingerprint density at radius 3 is 2.23 bits per heavy atom. The SMILES string of the molecule is COc1nc(CC(C)C)c(OCc2ccccc2)nc1COS(C)(=O)=O. The zero-order valence-electron chi connectivity index (χ0n) is 15.4. The first-order valence-corrected chi connectivity index (χ1v) is 10.0. The molecule has 0 radical (unpaired) electrons. The Morgan fingerprint density at radius 1 is 1.00 bits per heavy atom. The van der Waals surface area contributed by atoms with E-state index in [0.29, 0.717) is 30.5 Å². The quantitative estimate of drug-likeness (QED) is 0.618. The van der Waals surface area contributed by atoms with Gasteiger partial charge in [0.05, 0.1) is 13.4 Å². The molecular weight excluding hydrogens is 356 g/mol. The highest BCUT2D eigenvalue weighted by Crippen LogP contribution is 2.25.